The molecule has 0 heterocycles. The molecule has 0 aliphatic heterocycles. The maximum Gasteiger partial charge on any atom is 1.00 e. The van der Waals surface area contributed by atoms with Crippen LogP contribution in [-0.2, 0) is 4.79 Å². The van der Waals surface area contributed by atoms with Crippen molar-refractivity contribution in [2.24, 2.45) is 5.41 Å². The van der Waals surface area contributed by atoms with Crippen LogP contribution in [0.1, 0.15) is 15.3 Å². The van der Waals surface area contributed by atoms with E-state index in [0.717, 1.165) is 0 Å². The fourth-order valence-corrected chi connectivity index (χ4v) is 0.171. The molecule has 1 N–H and O–H groups in total. The minimum absolute atomic E-state index is 0. The van der Waals surface area contributed by atoms with Crippen molar-refractivity contribution in [3.8, 4) is 0 Å². The van der Waals surface area contributed by atoms with E-state index >= 15 is 0 Å². The topological polar surface area (TPSA) is 37.3 Å². The number of carbonyl (C=O) groups is 1. The van der Waals surface area contributed by atoms with Gasteiger partial charge in [0, 0.05) is 5.88 Å². The first-order chi connectivity index (χ1) is 3.50. The zero-order valence-corrected chi connectivity index (χ0v) is 8.70. The van der Waals surface area contributed by atoms with Gasteiger partial charge in [-0.1, -0.05) is 0 Å². The van der Waals surface area contributed by atoms with E-state index in [-0.39, 0.29) is 36.9 Å². The molecule has 0 unspecified atom stereocenters. The summed E-state index contributed by atoms with van der Waals surface area (Å²) >= 11 is 5.31. The Hall–Kier alpha value is 0.760. The summed E-state index contributed by atoms with van der Waals surface area (Å²) in [5.74, 6) is -0.699. The van der Waals surface area contributed by atoms with Gasteiger partial charge in [0.1, 0.15) is 0 Å². The van der Waals surface area contributed by atoms with E-state index in [0.29, 0.717) is 0 Å². The van der Waals surface area contributed by atoms with Crippen LogP contribution in [0.25, 0.3) is 0 Å². The smallest absolute Gasteiger partial charge is 1.00 e. The van der Waals surface area contributed by atoms with Crippen molar-refractivity contribution in [2.45, 2.75) is 13.8 Å². The molecule has 0 aromatic rings. The van der Waals surface area contributed by atoms with Crippen molar-refractivity contribution >= 4 is 17.6 Å². The minimum atomic E-state index is -0.854. The van der Waals surface area contributed by atoms with Gasteiger partial charge in [0.15, 0.2) is 0 Å². The fraction of sp³-hybridized carbons (Fsp3) is 0.800. The third-order valence-corrected chi connectivity index (χ3v) is 1.58. The SMILES string of the molecule is CC(C)(CCl)C(=O)O.[H-].[Na+]. The minimum Gasteiger partial charge on any atom is -1.00 e. The predicted molar refractivity (Wildman–Crippen MR) is 33.2 cm³/mol. The Balaban J connectivity index is -0.000000245. The summed E-state index contributed by atoms with van der Waals surface area (Å²) < 4.78 is 0. The standard InChI is InChI=1S/C5H9ClO2.Na.H/c1-5(2,3-6)4(7)8;;/h3H2,1-2H3,(H,7,8);;/q;+1;-1. The van der Waals surface area contributed by atoms with Gasteiger partial charge < -0.3 is 6.53 Å². The normalized spacial score (nSPS) is 10.1. The molecule has 0 radical (unpaired) electrons. The van der Waals surface area contributed by atoms with E-state index < -0.39 is 11.4 Å². The van der Waals surface area contributed by atoms with Crippen molar-refractivity contribution in [3.63, 3.8) is 0 Å². The number of carboxylic acids is 1. The van der Waals surface area contributed by atoms with Crippen LogP contribution in [0.3, 0.4) is 0 Å². The van der Waals surface area contributed by atoms with E-state index in [4.69, 9.17) is 16.7 Å². The molecule has 0 aliphatic rings. The Morgan fingerprint density at radius 2 is 2.11 bits per heavy atom. The van der Waals surface area contributed by atoms with Gasteiger partial charge in [0.05, 0.1) is 5.41 Å². The van der Waals surface area contributed by atoms with Crippen molar-refractivity contribution in [1.29, 1.82) is 0 Å². The van der Waals surface area contributed by atoms with Gasteiger partial charge in [-0.15, -0.1) is 11.6 Å². The molecule has 0 fully saturated rings. The van der Waals surface area contributed by atoms with Crippen LogP contribution >= 0.6 is 11.6 Å². The Bertz CT molecular complexity index is 108. The number of hydrogen-bond donors (Lipinski definition) is 1. The van der Waals surface area contributed by atoms with Crippen molar-refractivity contribution in [1.82, 2.24) is 0 Å². The molecular formula is C5H10ClNaO2. The largest absolute Gasteiger partial charge is 1.00 e. The van der Waals surface area contributed by atoms with E-state index in [1.165, 1.54) is 0 Å². The van der Waals surface area contributed by atoms with Gasteiger partial charge >= 0.3 is 35.5 Å². The van der Waals surface area contributed by atoms with Gasteiger partial charge in [-0.25, -0.2) is 0 Å². The Morgan fingerprint density at radius 1 is 1.78 bits per heavy atom. The van der Waals surface area contributed by atoms with Crippen LogP contribution in [0.4, 0.5) is 0 Å². The molecule has 0 aromatic heterocycles. The molecule has 0 rings (SSSR count). The molecule has 0 spiro atoms. The van der Waals surface area contributed by atoms with Crippen molar-refractivity contribution < 1.29 is 40.9 Å². The first-order valence-electron chi connectivity index (χ1n) is 2.30. The number of halogens is 1. The summed E-state index contributed by atoms with van der Waals surface area (Å²) in [6, 6.07) is 0. The number of alkyl halides is 1. The molecule has 0 amide bonds. The second-order valence-corrected chi connectivity index (χ2v) is 2.59. The van der Waals surface area contributed by atoms with Gasteiger partial charge in [-0.2, -0.15) is 0 Å². The van der Waals surface area contributed by atoms with Gasteiger partial charge in [0.25, 0.3) is 0 Å². The zero-order valence-electron chi connectivity index (χ0n) is 6.94. The molecule has 0 atom stereocenters. The summed E-state index contributed by atoms with van der Waals surface area (Å²) in [5, 5.41) is 8.36. The summed E-state index contributed by atoms with van der Waals surface area (Å²) in [4.78, 5) is 10.2. The molecular weight excluding hydrogens is 150 g/mol. The Kier molecular flexibility index (Phi) is 6.30. The molecule has 0 bridgehead atoms. The molecule has 50 valence electrons. The third kappa shape index (κ3) is 4.20. The van der Waals surface area contributed by atoms with E-state index in [1.54, 1.807) is 13.8 Å². The summed E-state index contributed by atoms with van der Waals surface area (Å²) in [7, 11) is 0. The van der Waals surface area contributed by atoms with Crippen LogP contribution in [0.15, 0.2) is 0 Å². The first kappa shape index (κ1) is 12.4. The summed E-state index contributed by atoms with van der Waals surface area (Å²) in [5.41, 5.74) is -0.776. The maximum absolute atomic E-state index is 10.2. The van der Waals surface area contributed by atoms with E-state index in [2.05, 4.69) is 0 Å². The fourth-order valence-electron chi connectivity index (χ4n) is 0.0572. The molecule has 0 aliphatic carbocycles. The van der Waals surface area contributed by atoms with Crippen LogP contribution in [0.5, 0.6) is 0 Å². The van der Waals surface area contributed by atoms with Crippen LogP contribution < -0.4 is 29.6 Å². The summed E-state index contributed by atoms with van der Waals surface area (Å²) in [6.45, 7) is 3.17. The second-order valence-electron chi connectivity index (χ2n) is 2.32. The van der Waals surface area contributed by atoms with Gasteiger partial charge in [0.2, 0.25) is 0 Å². The molecule has 0 saturated carbocycles. The number of aliphatic carboxylic acids is 1. The number of rotatable bonds is 2. The third-order valence-electron chi connectivity index (χ3n) is 0.913. The Morgan fingerprint density at radius 3 is 2.11 bits per heavy atom. The molecule has 0 saturated heterocycles. The molecule has 4 heteroatoms. The van der Waals surface area contributed by atoms with Gasteiger partial charge in [-0.05, 0) is 13.8 Å². The Labute approximate surface area is 83.4 Å². The number of carboxylic acid groups (broad SMARTS) is 1. The molecule has 9 heavy (non-hydrogen) atoms. The average molecular weight is 161 g/mol. The maximum atomic E-state index is 10.2. The quantitative estimate of drug-likeness (QED) is 0.393. The van der Waals surface area contributed by atoms with Crippen molar-refractivity contribution in [2.75, 3.05) is 5.88 Å². The van der Waals surface area contributed by atoms with E-state index in [9.17, 15) is 4.79 Å². The van der Waals surface area contributed by atoms with Crippen LogP contribution in [0.2, 0.25) is 0 Å². The zero-order chi connectivity index (χ0) is 6.78. The first-order valence-corrected chi connectivity index (χ1v) is 2.83. The van der Waals surface area contributed by atoms with Gasteiger partial charge in [-0.3, -0.25) is 4.79 Å². The molecule has 2 nitrogen and oxygen atoms in total. The predicted octanol–water partition coefficient (Wildman–Crippen LogP) is -1.55. The second kappa shape index (κ2) is 4.56. The summed E-state index contributed by atoms with van der Waals surface area (Å²) in [6.07, 6.45) is 0. The number of hydrogen-bond acceptors (Lipinski definition) is 1. The van der Waals surface area contributed by atoms with Crippen LogP contribution in [-0.4, -0.2) is 17.0 Å². The van der Waals surface area contributed by atoms with E-state index in [1.807, 2.05) is 0 Å². The average Bonchev–Trinajstić information content (AvgIpc) is 1.67. The monoisotopic (exact) mass is 160 g/mol. The van der Waals surface area contributed by atoms with Crippen LogP contribution in [0, 0.1) is 5.41 Å². The van der Waals surface area contributed by atoms with Crippen molar-refractivity contribution in [3.05, 3.63) is 0 Å². The molecule has 0 aromatic carbocycles.